The highest BCUT2D eigenvalue weighted by Gasteiger charge is 2.04. The predicted octanol–water partition coefficient (Wildman–Crippen LogP) is 2.32. The van der Waals surface area contributed by atoms with Crippen LogP contribution in [0.5, 0.6) is 5.75 Å². The van der Waals surface area contributed by atoms with E-state index in [1.807, 2.05) is 31.2 Å². The van der Waals surface area contributed by atoms with Crippen LogP contribution in [0.1, 0.15) is 11.1 Å². The molecule has 2 rings (SSSR count). The van der Waals surface area contributed by atoms with Crippen LogP contribution in [0.3, 0.4) is 0 Å². The van der Waals surface area contributed by atoms with Crippen LogP contribution in [0.15, 0.2) is 29.4 Å². The summed E-state index contributed by atoms with van der Waals surface area (Å²) in [5, 5.41) is 3.56. The summed E-state index contributed by atoms with van der Waals surface area (Å²) in [6.07, 6.45) is 5.30. The van der Waals surface area contributed by atoms with Gasteiger partial charge < -0.3 is 0 Å². The lowest BCUT2D eigenvalue weighted by molar-refractivity contribution is -0.206. The number of hydrogen-bond donors (Lipinski definition) is 0. The molecule has 3 nitrogen and oxygen atoms in total. The minimum atomic E-state index is 0.696. The molecule has 0 atom stereocenters. The summed E-state index contributed by atoms with van der Waals surface area (Å²) >= 11 is 0. The molecule has 0 fully saturated rings. The SMILES string of the molecule is Cc1c2cccc1OO/N=C/C=C\2. The third-order valence-electron chi connectivity index (χ3n) is 1.92. The van der Waals surface area contributed by atoms with E-state index in [9.17, 15) is 0 Å². The van der Waals surface area contributed by atoms with Crippen LogP contribution in [0.25, 0.3) is 6.08 Å². The zero-order valence-corrected chi connectivity index (χ0v) is 7.23. The van der Waals surface area contributed by atoms with E-state index in [4.69, 9.17) is 4.89 Å². The van der Waals surface area contributed by atoms with Gasteiger partial charge in [-0.15, -0.1) is 0 Å². The van der Waals surface area contributed by atoms with Crippen LogP contribution in [-0.2, 0) is 4.99 Å². The minimum Gasteiger partial charge on any atom is -0.267 e. The number of allylic oxidation sites excluding steroid dienone is 1. The molecule has 1 aromatic rings. The molecule has 13 heavy (non-hydrogen) atoms. The van der Waals surface area contributed by atoms with E-state index < -0.39 is 0 Å². The first kappa shape index (κ1) is 7.86. The lowest BCUT2D eigenvalue weighted by atomic mass is 10.1. The highest BCUT2D eigenvalue weighted by molar-refractivity contribution is 5.78. The van der Waals surface area contributed by atoms with Crippen molar-refractivity contribution in [3.8, 4) is 5.75 Å². The average Bonchev–Trinajstić information content (AvgIpc) is 2.21. The van der Waals surface area contributed by atoms with Gasteiger partial charge in [-0.05, 0) is 29.8 Å². The van der Waals surface area contributed by atoms with E-state index in [-0.39, 0.29) is 0 Å². The standard InChI is InChI=1S/C10H9NO2/c1-8-9-4-2-6-10(8)12-13-11-7-3-5-9/h2-7H,1H3/b5-3-,11-7+. The summed E-state index contributed by atoms with van der Waals surface area (Å²) in [6.45, 7) is 1.98. The fraction of sp³-hybridized carbons (Fsp3) is 0.100. The summed E-state index contributed by atoms with van der Waals surface area (Å²) in [5.74, 6) is 0.696. The highest BCUT2D eigenvalue weighted by atomic mass is 17.3. The van der Waals surface area contributed by atoms with Crippen molar-refractivity contribution in [1.29, 1.82) is 0 Å². The quantitative estimate of drug-likeness (QED) is 0.566. The normalized spacial score (nSPS) is 18.5. The van der Waals surface area contributed by atoms with E-state index in [2.05, 4.69) is 10.1 Å². The highest BCUT2D eigenvalue weighted by Crippen LogP contribution is 2.22. The number of nitrogens with zero attached hydrogens (tertiary/aromatic N) is 1. The van der Waals surface area contributed by atoms with E-state index in [1.165, 1.54) is 6.21 Å². The monoisotopic (exact) mass is 175 g/mol. The second kappa shape index (κ2) is 3.31. The van der Waals surface area contributed by atoms with Crippen molar-refractivity contribution in [2.45, 2.75) is 6.92 Å². The smallest absolute Gasteiger partial charge is 0.184 e. The van der Waals surface area contributed by atoms with Crippen LogP contribution in [0.4, 0.5) is 0 Å². The first-order valence-corrected chi connectivity index (χ1v) is 4.01. The lowest BCUT2D eigenvalue weighted by Gasteiger charge is -2.04. The summed E-state index contributed by atoms with van der Waals surface area (Å²) in [6, 6.07) is 5.77. The molecule has 1 aliphatic rings. The van der Waals surface area contributed by atoms with Gasteiger partial charge in [-0.1, -0.05) is 18.2 Å². The fourth-order valence-electron chi connectivity index (χ4n) is 1.17. The Hall–Kier alpha value is -1.77. The molecule has 66 valence electrons. The molecule has 3 heteroatoms. The summed E-state index contributed by atoms with van der Waals surface area (Å²) in [7, 11) is 0. The Morgan fingerprint density at radius 2 is 2.23 bits per heavy atom. The first-order chi connectivity index (χ1) is 6.38. The van der Waals surface area contributed by atoms with E-state index >= 15 is 0 Å². The first-order valence-electron chi connectivity index (χ1n) is 4.01. The largest absolute Gasteiger partial charge is 0.267 e. The van der Waals surface area contributed by atoms with Gasteiger partial charge in [0, 0.05) is 5.56 Å². The fourth-order valence-corrected chi connectivity index (χ4v) is 1.17. The Bertz CT molecular complexity index is 369. The van der Waals surface area contributed by atoms with Gasteiger partial charge in [0.15, 0.2) is 5.75 Å². The third kappa shape index (κ3) is 1.54. The minimum absolute atomic E-state index is 0.696. The molecule has 1 aromatic carbocycles. The van der Waals surface area contributed by atoms with E-state index in [0.29, 0.717) is 5.75 Å². The summed E-state index contributed by atoms with van der Waals surface area (Å²) < 4.78 is 0. The molecular formula is C10H9NO2. The predicted molar refractivity (Wildman–Crippen MR) is 50.4 cm³/mol. The van der Waals surface area contributed by atoms with Crippen molar-refractivity contribution in [3.63, 3.8) is 0 Å². The number of oxime groups is 1. The topological polar surface area (TPSA) is 30.8 Å². The van der Waals surface area contributed by atoms with Gasteiger partial charge >= 0.3 is 0 Å². The number of rotatable bonds is 0. The Labute approximate surface area is 76.2 Å². The van der Waals surface area contributed by atoms with Gasteiger partial charge in [0.1, 0.15) is 0 Å². The Kier molecular flexibility index (Phi) is 2.00. The van der Waals surface area contributed by atoms with Gasteiger partial charge in [0.05, 0.1) is 6.21 Å². The lowest BCUT2D eigenvalue weighted by Crippen LogP contribution is -1.93. The molecule has 0 spiro atoms. The van der Waals surface area contributed by atoms with Crippen LogP contribution in [0.2, 0.25) is 0 Å². The van der Waals surface area contributed by atoms with Crippen LogP contribution in [0, 0.1) is 6.92 Å². The van der Waals surface area contributed by atoms with Gasteiger partial charge in [-0.25, -0.2) is 0 Å². The molecule has 0 radical (unpaired) electrons. The van der Waals surface area contributed by atoms with Crippen molar-refractivity contribution in [2.75, 3.05) is 0 Å². The Morgan fingerprint density at radius 1 is 1.31 bits per heavy atom. The van der Waals surface area contributed by atoms with E-state index in [1.54, 1.807) is 6.08 Å². The third-order valence-corrected chi connectivity index (χ3v) is 1.92. The molecule has 0 saturated carbocycles. The molecule has 0 aliphatic carbocycles. The van der Waals surface area contributed by atoms with Crippen molar-refractivity contribution in [1.82, 2.24) is 0 Å². The number of hydrogen-bond acceptors (Lipinski definition) is 3. The molecule has 0 N–H and O–H groups in total. The zero-order chi connectivity index (χ0) is 9.10. The maximum atomic E-state index is 4.96. The van der Waals surface area contributed by atoms with Gasteiger partial charge in [-0.2, -0.15) is 4.99 Å². The van der Waals surface area contributed by atoms with Crippen molar-refractivity contribution in [2.24, 2.45) is 5.16 Å². The van der Waals surface area contributed by atoms with Gasteiger partial charge in [0.25, 0.3) is 0 Å². The molecule has 0 unspecified atom stereocenters. The molecule has 0 amide bonds. The van der Waals surface area contributed by atoms with Crippen molar-refractivity contribution < 1.29 is 9.88 Å². The van der Waals surface area contributed by atoms with Crippen LogP contribution in [-0.4, -0.2) is 6.21 Å². The molecule has 2 bridgehead atoms. The van der Waals surface area contributed by atoms with Crippen molar-refractivity contribution >= 4 is 12.3 Å². The Balaban J connectivity index is 2.51. The summed E-state index contributed by atoms with van der Waals surface area (Å²) in [4.78, 5) is 9.55. The molecule has 0 saturated heterocycles. The summed E-state index contributed by atoms with van der Waals surface area (Å²) in [5.41, 5.74) is 2.15. The zero-order valence-electron chi connectivity index (χ0n) is 7.23. The maximum absolute atomic E-state index is 4.96. The van der Waals surface area contributed by atoms with E-state index in [0.717, 1.165) is 11.1 Å². The van der Waals surface area contributed by atoms with Gasteiger partial charge in [-0.3, -0.25) is 4.89 Å². The van der Waals surface area contributed by atoms with Crippen molar-refractivity contribution in [3.05, 3.63) is 35.4 Å². The van der Waals surface area contributed by atoms with Gasteiger partial charge in [0.2, 0.25) is 0 Å². The molecule has 1 heterocycles. The Morgan fingerprint density at radius 3 is 3.15 bits per heavy atom. The second-order valence-corrected chi connectivity index (χ2v) is 2.74. The molecular weight excluding hydrogens is 166 g/mol. The molecule has 0 aromatic heterocycles. The number of fused-ring (bicyclic) bond motifs is 2. The van der Waals surface area contributed by atoms with Crippen LogP contribution >= 0.6 is 0 Å². The average molecular weight is 175 g/mol. The number of benzene rings is 1. The second-order valence-electron chi connectivity index (χ2n) is 2.74. The molecule has 1 aliphatic heterocycles. The van der Waals surface area contributed by atoms with Crippen LogP contribution < -0.4 is 4.89 Å². The maximum Gasteiger partial charge on any atom is 0.184 e.